The lowest BCUT2D eigenvalue weighted by Crippen LogP contribution is -2.28. The Labute approximate surface area is 137 Å². The highest BCUT2D eigenvalue weighted by Gasteiger charge is 2.56. The molecule has 0 spiro atoms. The fourth-order valence-corrected chi connectivity index (χ4v) is 3.40. The highest BCUT2D eigenvalue weighted by molar-refractivity contribution is 5.14. The van der Waals surface area contributed by atoms with E-state index in [4.69, 9.17) is 14.2 Å². The van der Waals surface area contributed by atoms with Crippen molar-refractivity contribution in [3.63, 3.8) is 0 Å². The first-order chi connectivity index (χ1) is 11.4. The topological polar surface area (TPSA) is 31.0 Å². The van der Waals surface area contributed by atoms with Gasteiger partial charge in [-0.3, -0.25) is 0 Å². The highest BCUT2D eigenvalue weighted by atomic mass is 16.6. The first-order valence-corrected chi connectivity index (χ1v) is 8.33. The van der Waals surface area contributed by atoms with Gasteiger partial charge >= 0.3 is 0 Å². The summed E-state index contributed by atoms with van der Waals surface area (Å²) in [7, 11) is 0. The second kappa shape index (κ2) is 6.83. The molecular formula is C20H22O3. The minimum atomic E-state index is 0.245. The van der Waals surface area contributed by atoms with Gasteiger partial charge in [0.15, 0.2) is 0 Å². The van der Waals surface area contributed by atoms with Crippen LogP contribution in [0.5, 0.6) is 0 Å². The molecule has 2 aromatic carbocycles. The van der Waals surface area contributed by atoms with Crippen LogP contribution in [-0.2, 0) is 27.4 Å². The summed E-state index contributed by atoms with van der Waals surface area (Å²) in [6.07, 6.45) is 1.97. The van der Waals surface area contributed by atoms with Gasteiger partial charge < -0.3 is 14.2 Å². The van der Waals surface area contributed by atoms with Crippen molar-refractivity contribution in [3.8, 4) is 0 Å². The molecule has 0 amide bonds. The Kier molecular flexibility index (Phi) is 4.42. The first-order valence-electron chi connectivity index (χ1n) is 8.33. The molecule has 1 saturated carbocycles. The van der Waals surface area contributed by atoms with Crippen molar-refractivity contribution < 1.29 is 14.2 Å². The predicted octanol–water partition coefficient (Wildman–Crippen LogP) is 3.58. The molecule has 23 heavy (non-hydrogen) atoms. The average Bonchev–Trinajstić information content (AvgIpc) is 3.29. The molecule has 1 saturated heterocycles. The summed E-state index contributed by atoms with van der Waals surface area (Å²) in [5, 5.41) is 0. The van der Waals surface area contributed by atoms with Crippen LogP contribution >= 0.6 is 0 Å². The van der Waals surface area contributed by atoms with Gasteiger partial charge in [0.25, 0.3) is 0 Å². The molecule has 2 aromatic rings. The van der Waals surface area contributed by atoms with E-state index in [-0.39, 0.29) is 6.10 Å². The molecule has 120 valence electrons. The molecule has 0 N–H and O–H groups in total. The molecule has 4 rings (SSSR count). The van der Waals surface area contributed by atoms with E-state index in [9.17, 15) is 0 Å². The van der Waals surface area contributed by atoms with Crippen LogP contribution in [-0.4, -0.2) is 24.9 Å². The van der Waals surface area contributed by atoms with E-state index in [1.54, 1.807) is 0 Å². The van der Waals surface area contributed by atoms with Crippen molar-refractivity contribution in [2.24, 2.45) is 5.92 Å². The molecule has 1 aliphatic heterocycles. The maximum absolute atomic E-state index is 6.15. The molecule has 0 bridgehead atoms. The van der Waals surface area contributed by atoms with Crippen molar-refractivity contribution in [2.75, 3.05) is 6.61 Å². The van der Waals surface area contributed by atoms with Crippen LogP contribution in [0.4, 0.5) is 0 Å². The van der Waals surface area contributed by atoms with Crippen molar-refractivity contribution in [1.29, 1.82) is 0 Å². The largest absolute Gasteiger partial charge is 0.376 e. The van der Waals surface area contributed by atoms with E-state index in [1.165, 1.54) is 11.1 Å². The second-order valence-electron chi connectivity index (χ2n) is 6.37. The first kappa shape index (κ1) is 14.9. The lowest BCUT2D eigenvalue weighted by molar-refractivity contribution is -0.0450. The molecule has 4 atom stereocenters. The number of fused-ring (bicyclic) bond motifs is 1. The van der Waals surface area contributed by atoms with Gasteiger partial charge in [-0.1, -0.05) is 60.7 Å². The Morgan fingerprint density at radius 3 is 2.22 bits per heavy atom. The van der Waals surface area contributed by atoms with Crippen LogP contribution < -0.4 is 0 Å². The Balaban J connectivity index is 1.28. The monoisotopic (exact) mass is 310 g/mol. The predicted molar refractivity (Wildman–Crippen MR) is 87.9 cm³/mol. The molecule has 3 nitrogen and oxygen atoms in total. The zero-order valence-electron chi connectivity index (χ0n) is 13.1. The Hall–Kier alpha value is -1.68. The van der Waals surface area contributed by atoms with Crippen molar-refractivity contribution in [2.45, 2.75) is 37.9 Å². The van der Waals surface area contributed by atoms with Gasteiger partial charge in [0.1, 0.15) is 0 Å². The second-order valence-corrected chi connectivity index (χ2v) is 6.37. The maximum atomic E-state index is 6.15. The summed E-state index contributed by atoms with van der Waals surface area (Å²) in [5.41, 5.74) is 2.43. The molecule has 0 unspecified atom stereocenters. The molecule has 1 heterocycles. The molecule has 0 radical (unpaired) electrons. The fraction of sp³-hybridized carbons (Fsp3) is 0.400. The van der Waals surface area contributed by atoms with E-state index >= 15 is 0 Å². The molecule has 3 heteroatoms. The van der Waals surface area contributed by atoms with Crippen molar-refractivity contribution in [1.82, 2.24) is 0 Å². The van der Waals surface area contributed by atoms with Crippen LogP contribution in [0, 0.1) is 5.92 Å². The van der Waals surface area contributed by atoms with Gasteiger partial charge in [0.2, 0.25) is 0 Å². The third kappa shape index (κ3) is 3.63. The Morgan fingerprint density at radius 1 is 0.870 bits per heavy atom. The lowest BCUT2D eigenvalue weighted by atomic mass is 10.1. The zero-order chi connectivity index (χ0) is 15.5. The number of benzene rings is 2. The summed E-state index contributed by atoms with van der Waals surface area (Å²) in [6, 6.07) is 20.6. The van der Waals surface area contributed by atoms with E-state index in [1.807, 2.05) is 36.4 Å². The number of hydrogen-bond acceptors (Lipinski definition) is 3. The summed E-state index contributed by atoms with van der Waals surface area (Å²) in [4.78, 5) is 0. The van der Waals surface area contributed by atoms with Gasteiger partial charge in [-0.2, -0.15) is 0 Å². The summed E-state index contributed by atoms with van der Waals surface area (Å²) in [6.45, 7) is 2.02. The van der Waals surface area contributed by atoms with E-state index in [0.29, 0.717) is 37.9 Å². The normalized spacial score (nSPS) is 28.5. The summed E-state index contributed by atoms with van der Waals surface area (Å²) in [5.74, 6) is 0.354. The van der Waals surface area contributed by atoms with Gasteiger partial charge in [-0.05, 0) is 11.1 Å². The van der Waals surface area contributed by atoms with Gasteiger partial charge in [0.05, 0.1) is 38.1 Å². The van der Waals surface area contributed by atoms with E-state index in [0.717, 1.165) is 6.42 Å². The zero-order valence-corrected chi connectivity index (χ0v) is 13.1. The molecule has 2 fully saturated rings. The Bertz CT molecular complexity index is 613. The minimum Gasteiger partial charge on any atom is -0.376 e. The summed E-state index contributed by atoms with van der Waals surface area (Å²) >= 11 is 0. The van der Waals surface area contributed by atoms with Crippen LogP contribution in [0.3, 0.4) is 0 Å². The fourth-order valence-electron chi connectivity index (χ4n) is 3.40. The highest BCUT2D eigenvalue weighted by Crippen LogP contribution is 2.45. The standard InChI is InChI=1S/C20H22O3/c1-3-7-15(8-4-1)12-21-14-17-18(11-19-20(17)23-19)22-13-16-9-5-2-6-10-16/h1-10,17-20H,11-14H2/t17-,18+,19+,20-/m1/s1. The maximum Gasteiger partial charge on any atom is 0.0917 e. The SMILES string of the molecule is c1ccc(COC[C@H]2[C@H]3O[C@H]3C[C@@H]2OCc2ccccc2)cc1. The molecule has 0 aromatic heterocycles. The number of hydrogen-bond donors (Lipinski definition) is 0. The smallest absolute Gasteiger partial charge is 0.0917 e. The van der Waals surface area contributed by atoms with Gasteiger partial charge in [-0.25, -0.2) is 0 Å². The number of ether oxygens (including phenoxy) is 3. The van der Waals surface area contributed by atoms with Crippen molar-refractivity contribution >= 4 is 0 Å². The van der Waals surface area contributed by atoms with Gasteiger partial charge in [0, 0.05) is 12.3 Å². The van der Waals surface area contributed by atoms with Gasteiger partial charge in [-0.15, -0.1) is 0 Å². The number of rotatable bonds is 7. The molecular weight excluding hydrogens is 288 g/mol. The van der Waals surface area contributed by atoms with Crippen LogP contribution in [0.1, 0.15) is 17.5 Å². The molecule has 1 aliphatic carbocycles. The quantitative estimate of drug-likeness (QED) is 0.733. The van der Waals surface area contributed by atoms with Crippen LogP contribution in [0.15, 0.2) is 60.7 Å². The molecule has 2 aliphatic rings. The summed E-state index contributed by atoms with van der Waals surface area (Å²) < 4.78 is 17.8. The average molecular weight is 310 g/mol. The Morgan fingerprint density at radius 2 is 1.52 bits per heavy atom. The third-order valence-corrected chi connectivity index (χ3v) is 4.71. The minimum absolute atomic E-state index is 0.245. The van der Waals surface area contributed by atoms with E-state index < -0.39 is 0 Å². The van der Waals surface area contributed by atoms with Crippen molar-refractivity contribution in [3.05, 3.63) is 71.8 Å². The number of epoxide rings is 1. The third-order valence-electron chi connectivity index (χ3n) is 4.71. The van der Waals surface area contributed by atoms with Crippen LogP contribution in [0.25, 0.3) is 0 Å². The lowest BCUT2D eigenvalue weighted by Gasteiger charge is -2.22. The van der Waals surface area contributed by atoms with Crippen LogP contribution in [0.2, 0.25) is 0 Å². The van der Waals surface area contributed by atoms with E-state index in [2.05, 4.69) is 24.3 Å².